The molecule has 0 rings (SSSR count). The Hall–Kier alpha value is -1.56. The molecule has 0 amide bonds. The van der Waals surface area contributed by atoms with Crippen LogP contribution in [0.5, 0.6) is 0 Å². The van der Waals surface area contributed by atoms with Crippen molar-refractivity contribution in [1.82, 2.24) is 0 Å². The predicted octanol–water partition coefficient (Wildman–Crippen LogP) is 4.25. The SMILES string of the molecule is C=CC(=O)OCC(CC)(CC)O[P+](=O)OC(CC)(CC)COC(=O)C=C. The van der Waals surface area contributed by atoms with Crippen LogP contribution in [0.4, 0.5) is 0 Å². The normalized spacial score (nSPS) is 11.5. The average molecular weight is 389 g/mol. The van der Waals surface area contributed by atoms with E-state index in [1.54, 1.807) is 0 Å². The van der Waals surface area contributed by atoms with Gasteiger partial charge in [0.25, 0.3) is 0 Å². The summed E-state index contributed by atoms with van der Waals surface area (Å²) in [4.78, 5) is 22.6. The van der Waals surface area contributed by atoms with Gasteiger partial charge in [-0.05, 0) is 25.7 Å². The first-order valence-electron chi connectivity index (χ1n) is 8.69. The fourth-order valence-electron chi connectivity index (χ4n) is 2.08. The number of hydrogen-bond acceptors (Lipinski definition) is 7. The van der Waals surface area contributed by atoms with Crippen molar-refractivity contribution in [2.75, 3.05) is 13.2 Å². The Morgan fingerprint density at radius 1 is 0.808 bits per heavy atom. The Bertz CT molecular complexity index is 464. The highest BCUT2D eigenvalue weighted by Crippen LogP contribution is 2.41. The van der Waals surface area contributed by atoms with Gasteiger partial charge in [-0.15, -0.1) is 9.05 Å². The van der Waals surface area contributed by atoms with Gasteiger partial charge in [-0.25, -0.2) is 9.59 Å². The van der Waals surface area contributed by atoms with Crippen molar-refractivity contribution in [3.8, 4) is 0 Å². The molecule has 0 radical (unpaired) electrons. The lowest BCUT2D eigenvalue weighted by molar-refractivity contribution is -0.146. The molecule has 0 aromatic heterocycles. The molecule has 148 valence electrons. The van der Waals surface area contributed by atoms with Crippen LogP contribution in [0.2, 0.25) is 0 Å². The summed E-state index contributed by atoms with van der Waals surface area (Å²) in [5, 5.41) is 0. The predicted molar refractivity (Wildman–Crippen MR) is 98.7 cm³/mol. The highest BCUT2D eigenvalue weighted by molar-refractivity contribution is 7.33. The minimum absolute atomic E-state index is 0.0635. The largest absolute Gasteiger partial charge is 0.698 e. The third kappa shape index (κ3) is 7.77. The lowest BCUT2D eigenvalue weighted by Crippen LogP contribution is -2.38. The van der Waals surface area contributed by atoms with Crippen LogP contribution in [0, 0.1) is 0 Å². The summed E-state index contributed by atoms with van der Waals surface area (Å²) >= 11 is 0. The second-order valence-corrected chi connectivity index (χ2v) is 6.62. The van der Waals surface area contributed by atoms with Gasteiger partial charge in [0, 0.05) is 16.7 Å². The smallest absolute Gasteiger partial charge is 0.459 e. The minimum atomic E-state index is -2.53. The van der Waals surface area contributed by atoms with Gasteiger partial charge in [-0.2, -0.15) is 0 Å². The summed E-state index contributed by atoms with van der Waals surface area (Å²) in [7, 11) is -2.53. The third-order valence-corrected chi connectivity index (χ3v) is 5.47. The molecule has 8 heteroatoms. The molecule has 0 aliphatic heterocycles. The minimum Gasteiger partial charge on any atom is -0.459 e. The first-order chi connectivity index (χ1) is 12.3. The van der Waals surface area contributed by atoms with Gasteiger partial charge < -0.3 is 9.47 Å². The highest BCUT2D eigenvalue weighted by atomic mass is 31.1. The molecule has 0 aliphatic rings. The monoisotopic (exact) mass is 389 g/mol. The van der Waals surface area contributed by atoms with E-state index in [-0.39, 0.29) is 13.2 Å². The summed E-state index contributed by atoms with van der Waals surface area (Å²) < 4.78 is 33.9. The van der Waals surface area contributed by atoms with Gasteiger partial charge in [0.05, 0.1) is 0 Å². The summed E-state index contributed by atoms with van der Waals surface area (Å²) in [5.74, 6) is -1.16. The van der Waals surface area contributed by atoms with Crippen LogP contribution in [0.25, 0.3) is 0 Å². The number of carbonyl (C=O) groups excluding carboxylic acids is 2. The summed E-state index contributed by atoms with van der Waals surface area (Å²) in [6, 6.07) is 0. The van der Waals surface area contributed by atoms with Gasteiger partial charge in [0.15, 0.2) is 11.2 Å². The molecule has 0 aromatic rings. The fourth-order valence-corrected chi connectivity index (χ4v) is 3.37. The molecule has 0 atom stereocenters. The number of ether oxygens (including phenoxy) is 2. The first-order valence-corrected chi connectivity index (χ1v) is 9.79. The van der Waals surface area contributed by atoms with Crippen LogP contribution in [0.1, 0.15) is 53.4 Å². The van der Waals surface area contributed by atoms with Gasteiger partial charge in [0.2, 0.25) is 0 Å². The van der Waals surface area contributed by atoms with Crippen LogP contribution < -0.4 is 0 Å². The van der Waals surface area contributed by atoms with Crippen LogP contribution in [-0.2, 0) is 32.7 Å². The number of rotatable bonds is 14. The number of carbonyl (C=O) groups is 2. The van der Waals surface area contributed by atoms with E-state index in [0.717, 1.165) is 12.2 Å². The molecule has 0 N–H and O–H groups in total. The van der Waals surface area contributed by atoms with Gasteiger partial charge in [0.1, 0.15) is 13.2 Å². The molecule has 26 heavy (non-hydrogen) atoms. The van der Waals surface area contributed by atoms with Crippen LogP contribution in [0.15, 0.2) is 25.3 Å². The lowest BCUT2D eigenvalue weighted by Gasteiger charge is -2.27. The van der Waals surface area contributed by atoms with Crippen molar-refractivity contribution >= 4 is 20.2 Å². The molecule has 7 nitrogen and oxygen atoms in total. The number of hydrogen-bond donors (Lipinski definition) is 0. The number of esters is 2. The van der Waals surface area contributed by atoms with Crippen molar-refractivity contribution < 1.29 is 32.7 Å². The second kappa shape index (κ2) is 11.9. The molecular weight excluding hydrogens is 359 g/mol. The average Bonchev–Trinajstić information content (AvgIpc) is 2.67. The summed E-state index contributed by atoms with van der Waals surface area (Å²) in [6.07, 6.45) is 3.98. The zero-order chi connectivity index (χ0) is 20.2. The Kier molecular flexibility index (Phi) is 11.2. The van der Waals surface area contributed by atoms with Gasteiger partial charge in [-0.1, -0.05) is 40.9 Å². The molecule has 0 aliphatic carbocycles. The standard InChI is InChI=1S/C18H30O7P/c1-7-15(19)22-13-17(9-3,10-4)24-26(21)25-18(11-5,12-6)14-23-16(20)8-2/h7-8H,1-2,9-14H2,3-6H3/q+1. The van der Waals surface area contributed by atoms with E-state index in [0.29, 0.717) is 25.7 Å². The molecule has 0 spiro atoms. The Balaban J connectivity index is 5.08. The van der Waals surface area contributed by atoms with Crippen molar-refractivity contribution in [2.24, 2.45) is 0 Å². The maximum atomic E-state index is 12.5. The van der Waals surface area contributed by atoms with E-state index >= 15 is 0 Å². The zero-order valence-corrected chi connectivity index (χ0v) is 17.0. The Labute approximate surface area is 156 Å². The van der Waals surface area contributed by atoms with Crippen LogP contribution in [-0.4, -0.2) is 36.4 Å². The topological polar surface area (TPSA) is 88.1 Å². The molecule has 0 bridgehead atoms. The highest BCUT2D eigenvalue weighted by Gasteiger charge is 2.46. The van der Waals surface area contributed by atoms with Crippen molar-refractivity contribution in [1.29, 1.82) is 0 Å². The molecule has 0 saturated heterocycles. The molecule has 0 aromatic carbocycles. The van der Waals surface area contributed by atoms with E-state index in [4.69, 9.17) is 18.5 Å². The summed E-state index contributed by atoms with van der Waals surface area (Å²) in [6.45, 7) is 13.9. The third-order valence-electron chi connectivity index (χ3n) is 4.40. The van der Waals surface area contributed by atoms with Crippen molar-refractivity contribution in [2.45, 2.75) is 64.6 Å². The van der Waals surface area contributed by atoms with E-state index in [9.17, 15) is 14.2 Å². The maximum Gasteiger partial charge on any atom is 0.698 e. The Morgan fingerprint density at radius 3 is 1.35 bits per heavy atom. The molecule has 0 saturated carbocycles. The fraction of sp³-hybridized carbons (Fsp3) is 0.667. The van der Waals surface area contributed by atoms with E-state index in [2.05, 4.69) is 13.2 Å². The zero-order valence-electron chi connectivity index (χ0n) is 16.1. The van der Waals surface area contributed by atoms with Crippen LogP contribution in [0.3, 0.4) is 0 Å². The molecule has 0 heterocycles. The van der Waals surface area contributed by atoms with Gasteiger partial charge in [-0.3, -0.25) is 0 Å². The van der Waals surface area contributed by atoms with Crippen LogP contribution >= 0.6 is 8.25 Å². The maximum absolute atomic E-state index is 12.5. The van der Waals surface area contributed by atoms with Crippen molar-refractivity contribution in [3.05, 3.63) is 25.3 Å². The Morgan fingerprint density at radius 2 is 1.12 bits per heavy atom. The van der Waals surface area contributed by atoms with E-state index in [1.165, 1.54) is 0 Å². The lowest BCUT2D eigenvalue weighted by atomic mass is 9.99. The van der Waals surface area contributed by atoms with E-state index < -0.39 is 31.4 Å². The first kappa shape index (κ1) is 24.4. The molecular formula is C18H30O7P+. The van der Waals surface area contributed by atoms with Crippen molar-refractivity contribution in [3.63, 3.8) is 0 Å². The van der Waals surface area contributed by atoms with Gasteiger partial charge >= 0.3 is 20.2 Å². The molecule has 0 fully saturated rings. The molecule has 0 unspecified atom stereocenters. The summed E-state index contributed by atoms with van der Waals surface area (Å²) in [5.41, 5.74) is -1.87. The quantitative estimate of drug-likeness (QED) is 0.249. The van der Waals surface area contributed by atoms with E-state index in [1.807, 2.05) is 27.7 Å². The second-order valence-electron chi connectivity index (χ2n) is 5.81.